The lowest BCUT2D eigenvalue weighted by Gasteiger charge is -2.29. The lowest BCUT2D eigenvalue weighted by Crippen LogP contribution is -2.42. The third-order valence-electron chi connectivity index (χ3n) is 5.61. The van der Waals surface area contributed by atoms with Gasteiger partial charge in [-0.1, -0.05) is 36.4 Å². The second-order valence-corrected chi connectivity index (χ2v) is 7.49. The van der Waals surface area contributed by atoms with Crippen molar-refractivity contribution in [3.05, 3.63) is 69.8 Å². The van der Waals surface area contributed by atoms with Gasteiger partial charge in [-0.3, -0.25) is 0 Å². The Hall–Kier alpha value is -2.21. The first-order chi connectivity index (χ1) is 12.7. The predicted molar refractivity (Wildman–Crippen MR) is 102 cm³/mol. The highest BCUT2D eigenvalue weighted by Crippen LogP contribution is 2.35. The summed E-state index contributed by atoms with van der Waals surface area (Å²) >= 11 is 0. The van der Waals surface area contributed by atoms with Gasteiger partial charge in [-0.25, -0.2) is 4.79 Å². The lowest BCUT2D eigenvalue weighted by atomic mass is 9.81. The lowest BCUT2D eigenvalue weighted by molar-refractivity contribution is -0.150. The summed E-state index contributed by atoms with van der Waals surface area (Å²) in [7, 11) is 0. The summed E-state index contributed by atoms with van der Waals surface area (Å²) in [5, 5.41) is 31.0. The molecule has 0 bridgehead atoms. The molecule has 1 heterocycles. The maximum Gasteiger partial charge on any atom is 0.338 e. The third kappa shape index (κ3) is 3.63. The zero-order valence-corrected chi connectivity index (χ0v) is 16.0. The summed E-state index contributed by atoms with van der Waals surface area (Å²) in [5.41, 5.74) is 6.15. The number of hydrogen-bond acceptors (Lipinski definition) is 5. The maximum atomic E-state index is 11.6. The van der Waals surface area contributed by atoms with Crippen molar-refractivity contribution in [2.45, 2.75) is 58.0 Å². The van der Waals surface area contributed by atoms with Crippen molar-refractivity contribution in [1.82, 2.24) is 0 Å². The number of aliphatic hydroxyl groups excluding tert-OH is 3. The fraction of sp³-hybridized carbons (Fsp3) is 0.409. The molecule has 5 nitrogen and oxygen atoms in total. The molecule has 3 N–H and O–H groups in total. The van der Waals surface area contributed by atoms with Crippen LogP contribution in [0.5, 0.6) is 0 Å². The fourth-order valence-corrected chi connectivity index (χ4v) is 3.56. The average Bonchev–Trinajstić information content (AvgIpc) is 2.88. The molecule has 3 rings (SSSR count). The van der Waals surface area contributed by atoms with Crippen LogP contribution in [0.25, 0.3) is 0 Å². The van der Waals surface area contributed by atoms with Crippen LogP contribution >= 0.6 is 0 Å². The summed E-state index contributed by atoms with van der Waals surface area (Å²) in [6.07, 6.45) is -5.50. The number of esters is 1. The van der Waals surface area contributed by atoms with E-state index in [0.29, 0.717) is 0 Å². The van der Waals surface area contributed by atoms with E-state index in [1.165, 1.54) is 0 Å². The zero-order chi connectivity index (χ0) is 19.9. The molecule has 0 saturated carbocycles. The average molecular weight is 370 g/mol. The van der Waals surface area contributed by atoms with Gasteiger partial charge in [-0.05, 0) is 61.1 Å². The smallest absolute Gasteiger partial charge is 0.338 e. The Morgan fingerprint density at radius 3 is 1.70 bits per heavy atom. The number of carbonyl (C=O) groups excluding carboxylic acids is 1. The Balaban J connectivity index is 2.07. The Labute approximate surface area is 159 Å². The van der Waals surface area contributed by atoms with Crippen LogP contribution < -0.4 is 0 Å². The zero-order valence-electron chi connectivity index (χ0n) is 16.0. The second-order valence-electron chi connectivity index (χ2n) is 7.49. The Bertz CT molecular complexity index is 808. The molecule has 27 heavy (non-hydrogen) atoms. The van der Waals surface area contributed by atoms with Crippen LogP contribution in [0.4, 0.5) is 0 Å². The highest BCUT2D eigenvalue weighted by molar-refractivity contribution is 5.77. The van der Waals surface area contributed by atoms with E-state index in [0.717, 1.165) is 33.4 Å². The highest BCUT2D eigenvalue weighted by Gasteiger charge is 2.48. The monoisotopic (exact) mass is 370 g/mol. The summed E-state index contributed by atoms with van der Waals surface area (Å²) in [6.45, 7) is 8.02. The minimum absolute atomic E-state index is 0.513. The van der Waals surface area contributed by atoms with Crippen LogP contribution in [-0.4, -0.2) is 45.7 Å². The van der Waals surface area contributed by atoms with E-state index >= 15 is 0 Å². The van der Waals surface area contributed by atoms with Gasteiger partial charge in [0.2, 0.25) is 0 Å². The number of cyclic esters (lactones) is 1. The van der Waals surface area contributed by atoms with Crippen molar-refractivity contribution in [3.63, 3.8) is 0 Å². The molecular formula is C22H26O5. The number of rotatable bonds is 4. The molecule has 0 aromatic heterocycles. The molecule has 5 heteroatoms. The van der Waals surface area contributed by atoms with Gasteiger partial charge >= 0.3 is 5.97 Å². The minimum Gasteiger partial charge on any atom is -0.455 e. The van der Waals surface area contributed by atoms with Crippen LogP contribution in [-0.2, 0) is 9.53 Å². The van der Waals surface area contributed by atoms with E-state index in [1.807, 2.05) is 64.1 Å². The molecule has 2 aromatic rings. The van der Waals surface area contributed by atoms with Crippen LogP contribution in [0, 0.1) is 27.7 Å². The summed E-state index contributed by atoms with van der Waals surface area (Å²) in [4.78, 5) is 11.6. The van der Waals surface area contributed by atoms with Crippen molar-refractivity contribution >= 4 is 5.97 Å². The van der Waals surface area contributed by atoms with E-state index in [2.05, 4.69) is 0 Å². The molecule has 0 unspecified atom stereocenters. The molecule has 0 aliphatic carbocycles. The van der Waals surface area contributed by atoms with E-state index < -0.39 is 36.3 Å². The quantitative estimate of drug-likeness (QED) is 0.717. The van der Waals surface area contributed by atoms with E-state index in [1.54, 1.807) is 0 Å². The van der Waals surface area contributed by atoms with Crippen LogP contribution in [0.1, 0.15) is 39.3 Å². The molecule has 1 fully saturated rings. The van der Waals surface area contributed by atoms with Gasteiger partial charge in [0.15, 0.2) is 12.2 Å². The van der Waals surface area contributed by atoms with Gasteiger partial charge in [0.05, 0.1) is 0 Å². The Morgan fingerprint density at radius 1 is 0.852 bits per heavy atom. The van der Waals surface area contributed by atoms with Crippen LogP contribution in [0.3, 0.4) is 0 Å². The standard InChI is InChI=1S/C22H26O5/c1-11-5-7-15(9-13(11)3)17(16-8-6-12(2)14(4)10-16)18(23)21-19(24)20(25)22(26)27-21/h5-10,17-21,23-25H,1-4H3/t18-,19-,20+,21+/m1/s1. The van der Waals surface area contributed by atoms with Crippen molar-refractivity contribution in [2.75, 3.05) is 0 Å². The summed E-state index contributed by atoms with van der Waals surface area (Å²) < 4.78 is 5.09. The molecule has 1 aliphatic rings. The van der Waals surface area contributed by atoms with Crippen molar-refractivity contribution in [3.8, 4) is 0 Å². The van der Waals surface area contributed by atoms with Gasteiger partial charge in [0.1, 0.15) is 12.2 Å². The van der Waals surface area contributed by atoms with Crippen molar-refractivity contribution in [1.29, 1.82) is 0 Å². The van der Waals surface area contributed by atoms with Crippen LogP contribution in [0.15, 0.2) is 36.4 Å². The molecule has 0 spiro atoms. The SMILES string of the molecule is Cc1ccc(C(c2ccc(C)c(C)c2)[C@@H](O)[C@@H]2OC(=O)[C@@H](O)[C@H]2O)cc1C. The molecule has 4 atom stereocenters. The number of ether oxygens (including phenoxy) is 1. The van der Waals surface area contributed by atoms with E-state index in [-0.39, 0.29) is 0 Å². The van der Waals surface area contributed by atoms with Crippen molar-refractivity contribution < 1.29 is 24.9 Å². The number of carbonyl (C=O) groups is 1. The highest BCUT2D eigenvalue weighted by atomic mass is 16.6. The van der Waals surface area contributed by atoms with Gasteiger partial charge < -0.3 is 20.1 Å². The maximum absolute atomic E-state index is 11.6. The Morgan fingerprint density at radius 2 is 1.33 bits per heavy atom. The predicted octanol–water partition coefficient (Wildman–Crippen LogP) is 2.06. The molecule has 144 valence electrons. The largest absolute Gasteiger partial charge is 0.455 e. The normalized spacial score (nSPS) is 23.6. The molecule has 0 radical (unpaired) electrons. The second kappa shape index (κ2) is 7.43. The molecule has 1 aliphatic heterocycles. The van der Waals surface area contributed by atoms with Gasteiger partial charge in [-0.15, -0.1) is 0 Å². The Kier molecular flexibility index (Phi) is 5.38. The van der Waals surface area contributed by atoms with E-state index in [4.69, 9.17) is 4.74 Å². The molecule has 1 saturated heterocycles. The summed E-state index contributed by atoms with van der Waals surface area (Å²) in [6, 6.07) is 11.8. The van der Waals surface area contributed by atoms with Gasteiger partial charge in [0.25, 0.3) is 0 Å². The first-order valence-corrected chi connectivity index (χ1v) is 9.09. The number of hydrogen-bond donors (Lipinski definition) is 3. The molecule has 2 aromatic carbocycles. The fourth-order valence-electron chi connectivity index (χ4n) is 3.56. The first-order valence-electron chi connectivity index (χ1n) is 9.09. The van der Waals surface area contributed by atoms with Gasteiger partial charge in [0, 0.05) is 5.92 Å². The molecule has 0 amide bonds. The number of aryl methyl sites for hydroxylation is 4. The first kappa shape index (κ1) is 19.5. The van der Waals surface area contributed by atoms with E-state index in [9.17, 15) is 20.1 Å². The molecular weight excluding hydrogens is 344 g/mol. The third-order valence-corrected chi connectivity index (χ3v) is 5.61. The number of aliphatic hydroxyl groups is 3. The van der Waals surface area contributed by atoms with Gasteiger partial charge in [-0.2, -0.15) is 0 Å². The number of benzene rings is 2. The summed E-state index contributed by atoms with van der Waals surface area (Å²) in [5.74, 6) is -1.42. The van der Waals surface area contributed by atoms with Crippen molar-refractivity contribution in [2.24, 2.45) is 0 Å². The van der Waals surface area contributed by atoms with Crippen LogP contribution in [0.2, 0.25) is 0 Å². The topological polar surface area (TPSA) is 87.0 Å². The minimum atomic E-state index is -1.63.